The minimum Gasteiger partial charge on any atom is -0.396 e. The van der Waals surface area contributed by atoms with Crippen molar-refractivity contribution < 1.29 is 8.91 Å². The maximum Gasteiger partial charge on any atom is 0.248 e. The molecule has 0 unspecified atom stereocenters. The lowest BCUT2D eigenvalue weighted by Gasteiger charge is -1.98. The third-order valence-corrected chi connectivity index (χ3v) is 3.28. The van der Waals surface area contributed by atoms with Crippen molar-refractivity contribution in [2.24, 2.45) is 0 Å². The van der Waals surface area contributed by atoms with Gasteiger partial charge in [-0.1, -0.05) is 21.1 Å². The van der Waals surface area contributed by atoms with Crippen LogP contribution in [0.5, 0.6) is 0 Å². The van der Waals surface area contributed by atoms with Crippen molar-refractivity contribution in [1.82, 2.24) is 19.9 Å². The molecule has 8 heteroatoms. The van der Waals surface area contributed by atoms with Gasteiger partial charge < -0.3 is 10.3 Å². The number of hydrogen-bond acceptors (Lipinski definition) is 5. The maximum absolute atomic E-state index is 13.3. The van der Waals surface area contributed by atoms with Gasteiger partial charge in [0.1, 0.15) is 12.4 Å². The number of nitrogens with zero attached hydrogens (tertiary/aromatic N) is 4. The number of halogens is 2. The molecule has 0 aliphatic carbocycles. The molecule has 1 aromatic carbocycles. The van der Waals surface area contributed by atoms with Crippen molar-refractivity contribution in [3.05, 3.63) is 46.8 Å². The molecule has 0 radical (unpaired) electrons. The van der Waals surface area contributed by atoms with E-state index >= 15 is 0 Å². The fraction of sp³-hybridized carbons (Fsp3) is 0.0833. The number of nitrogens with two attached hydrogens (primary N) is 1. The van der Waals surface area contributed by atoms with Gasteiger partial charge in [0.2, 0.25) is 11.7 Å². The van der Waals surface area contributed by atoms with E-state index in [-0.39, 0.29) is 5.82 Å². The highest BCUT2D eigenvalue weighted by atomic mass is 79.9. The largest absolute Gasteiger partial charge is 0.396 e. The molecule has 0 atom stereocenters. The molecule has 0 spiro atoms. The summed E-state index contributed by atoms with van der Waals surface area (Å²) in [6.07, 6.45) is 3.18. The number of hydrogen-bond donors (Lipinski definition) is 1. The summed E-state index contributed by atoms with van der Waals surface area (Å²) >= 11 is 3.32. The predicted octanol–water partition coefficient (Wildman–Crippen LogP) is 2.47. The van der Waals surface area contributed by atoms with Crippen LogP contribution in [-0.2, 0) is 6.54 Å². The minimum atomic E-state index is -0.366. The molecule has 2 heterocycles. The molecular formula is C12H9BrFN5O. The Bertz CT molecular complexity index is 754. The fourth-order valence-electron chi connectivity index (χ4n) is 1.70. The van der Waals surface area contributed by atoms with Gasteiger partial charge in [0, 0.05) is 16.2 Å². The van der Waals surface area contributed by atoms with Crippen LogP contribution in [0.15, 0.2) is 39.6 Å². The second-order valence-electron chi connectivity index (χ2n) is 4.11. The SMILES string of the molecule is Nc1cnn(Cc2nc(-c3cc(F)ccc3Br)no2)c1. The van der Waals surface area contributed by atoms with Crippen molar-refractivity contribution in [2.75, 3.05) is 5.73 Å². The smallest absolute Gasteiger partial charge is 0.248 e. The average molecular weight is 338 g/mol. The summed E-state index contributed by atoms with van der Waals surface area (Å²) < 4.78 is 20.6. The van der Waals surface area contributed by atoms with Gasteiger partial charge in [-0.05, 0) is 18.2 Å². The number of rotatable bonds is 3. The molecule has 102 valence electrons. The van der Waals surface area contributed by atoms with Crippen LogP contribution in [0.2, 0.25) is 0 Å². The molecule has 2 N–H and O–H groups in total. The Morgan fingerprint density at radius 1 is 1.40 bits per heavy atom. The quantitative estimate of drug-likeness (QED) is 0.793. The molecule has 0 saturated heterocycles. The first-order valence-corrected chi connectivity index (χ1v) is 6.47. The zero-order valence-corrected chi connectivity index (χ0v) is 11.7. The van der Waals surface area contributed by atoms with Gasteiger partial charge in [0.15, 0.2) is 0 Å². The van der Waals surface area contributed by atoms with Crippen molar-refractivity contribution in [2.45, 2.75) is 6.54 Å². The number of benzene rings is 1. The predicted molar refractivity (Wildman–Crippen MR) is 73.1 cm³/mol. The van der Waals surface area contributed by atoms with Crippen LogP contribution >= 0.6 is 15.9 Å². The highest BCUT2D eigenvalue weighted by molar-refractivity contribution is 9.10. The Kier molecular flexibility index (Phi) is 3.23. The number of aromatic nitrogens is 4. The van der Waals surface area contributed by atoms with Crippen molar-refractivity contribution in [3.8, 4) is 11.4 Å². The van der Waals surface area contributed by atoms with Gasteiger partial charge in [-0.15, -0.1) is 0 Å². The Hall–Kier alpha value is -2.22. The first-order valence-electron chi connectivity index (χ1n) is 5.68. The van der Waals surface area contributed by atoms with Crippen LogP contribution in [0, 0.1) is 5.82 Å². The van der Waals surface area contributed by atoms with E-state index in [1.54, 1.807) is 16.9 Å². The van der Waals surface area contributed by atoms with Crippen LogP contribution in [0.3, 0.4) is 0 Å². The lowest BCUT2D eigenvalue weighted by atomic mass is 10.2. The van der Waals surface area contributed by atoms with Gasteiger partial charge in [0.25, 0.3) is 0 Å². The van der Waals surface area contributed by atoms with Crippen molar-refractivity contribution in [1.29, 1.82) is 0 Å². The van der Waals surface area contributed by atoms with Gasteiger partial charge in [-0.3, -0.25) is 4.68 Å². The summed E-state index contributed by atoms with van der Waals surface area (Å²) in [6.45, 7) is 0.303. The summed E-state index contributed by atoms with van der Waals surface area (Å²) in [6, 6.07) is 4.28. The van der Waals surface area contributed by atoms with Gasteiger partial charge in [0.05, 0.1) is 11.9 Å². The highest BCUT2D eigenvalue weighted by Gasteiger charge is 2.13. The van der Waals surface area contributed by atoms with Crippen LogP contribution in [0.25, 0.3) is 11.4 Å². The number of anilines is 1. The average Bonchev–Trinajstić information content (AvgIpc) is 3.02. The van der Waals surface area contributed by atoms with E-state index in [2.05, 4.69) is 31.2 Å². The molecule has 0 aliphatic heterocycles. The summed E-state index contributed by atoms with van der Waals surface area (Å²) in [5.74, 6) is 0.306. The Balaban J connectivity index is 1.88. The van der Waals surface area contributed by atoms with E-state index in [4.69, 9.17) is 10.3 Å². The topological polar surface area (TPSA) is 82.8 Å². The van der Waals surface area contributed by atoms with Gasteiger partial charge >= 0.3 is 0 Å². The van der Waals surface area contributed by atoms with Crippen LogP contribution in [0.1, 0.15) is 5.89 Å². The molecule has 2 aromatic heterocycles. The maximum atomic E-state index is 13.3. The molecular weight excluding hydrogens is 329 g/mol. The number of nitrogen functional groups attached to an aromatic ring is 1. The molecule has 0 amide bonds. The van der Waals surface area contributed by atoms with Crippen LogP contribution < -0.4 is 5.73 Å². The van der Waals surface area contributed by atoms with E-state index in [1.807, 2.05) is 0 Å². The second kappa shape index (κ2) is 5.04. The van der Waals surface area contributed by atoms with Crippen LogP contribution in [-0.4, -0.2) is 19.9 Å². The summed E-state index contributed by atoms with van der Waals surface area (Å²) in [7, 11) is 0. The fourth-order valence-corrected chi connectivity index (χ4v) is 2.13. The summed E-state index contributed by atoms with van der Waals surface area (Å²) in [5, 5.41) is 7.86. The first kappa shape index (κ1) is 12.8. The third kappa shape index (κ3) is 2.55. The zero-order chi connectivity index (χ0) is 14.1. The monoisotopic (exact) mass is 337 g/mol. The highest BCUT2D eigenvalue weighted by Crippen LogP contribution is 2.26. The molecule has 20 heavy (non-hydrogen) atoms. The zero-order valence-electron chi connectivity index (χ0n) is 10.1. The Morgan fingerprint density at radius 2 is 2.25 bits per heavy atom. The normalized spacial score (nSPS) is 10.9. The molecule has 3 rings (SSSR count). The molecule has 0 aliphatic rings. The third-order valence-electron chi connectivity index (χ3n) is 2.59. The molecule has 0 saturated carbocycles. The molecule has 0 fully saturated rings. The van der Waals surface area contributed by atoms with E-state index < -0.39 is 0 Å². The Morgan fingerprint density at radius 3 is 3.00 bits per heavy atom. The summed E-state index contributed by atoms with van der Waals surface area (Å²) in [5.41, 5.74) is 6.65. The summed E-state index contributed by atoms with van der Waals surface area (Å²) in [4.78, 5) is 4.21. The van der Waals surface area contributed by atoms with Crippen molar-refractivity contribution >= 4 is 21.6 Å². The molecule has 6 nitrogen and oxygen atoms in total. The van der Waals surface area contributed by atoms with Crippen molar-refractivity contribution in [3.63, 3.8) is 0 Å². The lowest BCUT2D eigenvalue weighted by molar-refractivity contribution is 0.366. The van der Waals surface area contributed by atoms with Gasteiger partial charge in [-0.25, -0.2) is 4.39 Å². The van der Waals surface area contributed by atoms with E-state index in [0.29, 0.717) is 34.0 Å². The van der Waals surface area contributed by atoms with Crippen LogP contribution in [0.4, 0.5) is 10.1 Å². The standard InChI is InChI=1S/C12H9BrFN5O/c13-10-2-1-7(14)3-9(10)12-17-11(20-18-12)6-19-5-8(15)4-16-19/h1-5H,6,15H2. The van der Waals surface area contributed by atoms with Gasteiger partial charge in [-0.2, -0.15) is 10.1 Å². The van der Waals surface area contributed by atoms with E-state index in [0.717, 1.165) is 0 Å². The van der Waals surface area contributed by atoms with E-state index in [9.17, 15) is 4.39 Å². The van der Waals surface area contributed by atoms with E-state index in [1.165, 1.54) is 18.3 Å². The Labute approximate surface area is 121 Å². The first-order chi connectivity index (χ1) is 9.61. The lowest BCUT2D eigenvalue weighted by Crippen LogP contribution is -2.00. The second-order valence-corrected chi connectivity index (χ2v) is 4.96. The molecule has 0 bridgehead atoms. The minimum absolute atomic E-state index is 0.303. The molecule has 3 aromatic rings.